The molecular formula is C14H23N5O2. The van der Waals surface area contributed by atoms with Gasteiger partial charge in [-0.25, -0.2) is 4.98 Å². The Bertz CT molecular complexity index is 506. The van der Waals surface area contributed by atoms with Crippen LogP contribution < -0.4 is 10.6 Å². The number of pyridine rings is 1. The van der Waals surface area contributed by atoms with E-state index in [-0.39, 0.29) is 12.4 Å². The van der Waals surface area contributed by atoms with Crippen molar-refractivity contribution in [3.8, 4) is 0 Å². The predicted molar refractivity (Wildman–Crippen MR) is 81.8 cm³/mol. The first-order valence-electron chi connectivity index (χ1n) is 7.19. The topological polar surface area (TPSA) is 98.2 Å². The van der Waals surface area contributed by atoms with Gasteiger partial charge in [-0.2, -0.15) is 0 Å². The quantitative estimate of drug-likeness (QED) is 0.312. The summed E-state index contributed by atoms with van der Waals surface area (Å²) in [6.07, 6.45) is 0.991. The van der Waals surface area contributed by atoms with Crippen molar-refractivity contribution in [2.75, 3.05) is 44.2 Å². The molecule has 1 aliphatic rings. The Morgan fingerprint density at radius 1 is 1.33 bits per heavy atom. The van der Waals surface area contributed by atoms with Crippen molar-refractivity contribution in [2.24, 2.45) is 10.9 Å². The molecule has 0 aromatic carbocycles. The molecule has 2 rings (SSSR count). The summed E-state index contributed by atoms with van der Waals surface area (Å²) >= 11 is 0. The van der Waals surface area contributed by atoms with Crippen LogP contribution in [0.2, 0.25) is 0 Å². The number of nitrogens with two attached hydrogens (primary N) is 1. The predicted octanol–water partition coefficient (Wildman–Crippen LogP) is -0.0111. The first-order chi connectivity index (χ1) is 10.2. The van der Waals surface area contributed by atoms with Gasteiger partial charge in [0.05, 0.1) is 12.2 Å². The van der Waals surface area contributed by atoms with E-state index in [4.69, 9.17) is 16.0 Å². The van der Waals surface area contributed by atoms with E-state index in [1.807, 2.05) is 19.1 Å². The summed E-state index contributed by atoms with van der Waals surface area (Å²) in [5.74, 6) is 0.838. The van der Waals surface area contributed by atoms with Gasteiger partial charge in [-0.15, -0.1) is 0 Å². The average molecular weight is 293 g/mol. The number of hydrogen-bond acceptors (Lipinski definition) is 6. The van der Waals surface area contributed by atoms with E-state index < -0.39 is 0 Å². The Hall–Kier alpha value is -1.86. The van der Waals surface area contributed by atoms with Crippen LogP contribution in [-0.4, -0.2) is 65.4 Å². The highest BCUT2D eigenvalue weighted by Gasteiger charge is 2.19. The van der Waals surface area contributed by atoms with Gasteiger partial charge in [0.2, 0.25) is 0 Å². The highest BCUT2D eigenvalue weighted by atomic mass is 16.4. The smallest absolute Gasteiger partial charge is 0.173 e. The van der Waals surface area contributed by atoms with Gasteiger partial charge < -0.3 is 20.9 Å². The van der Waals surface area contributed by atoms with Crippen molar-refractivity contribution in [3.63, 3.8) is 0 Å². The van der Waals surface area contributed by atoms with E-state index in [1.54, 1.807) is 0 Å². The lowest BCUT2D eigenvalue weighted by molar-refractivity contribution is 0.204. The summed E-state index contributed by atoms with van der Waals surface area (Å²) in [5.41, 5.74) is 7.31. The Morgan fingerprint density at radius 2 is 2.14 bits per heavy atom. The highest BCUT2D eigenvalue weighted by molar-refractivity contribution is 6.01. The molecule has 0 aliphatic carbocycles. The van der Waals surface area contributed by atoms with Crippen LogP contribution >= 0.6 is 0 Å². The van der Waals surface area contributed by atoms with E-state index in [0.717, 1.165) is 44.1 Å². The van der Waals surface area contributed by atoms with Crippen LogP contribution in [0.4, 0.5) is 5.82 Å². The number of nitrogens with zero attached hydrogens (tertiary/aromatic N) is 4. The number of hydrogen-bond donors (Lipinski definition) is 3. The molecule has 21 heavy (non-hydrogen) atoms. The third-order valence-electron chi connectivity index (χ3n) is 3.70. The SMILES string of the molecule is Cc1ccc(/C(N)=N/O)c(N2CCCN(CCO)CC2)n1. The normalized spacial score (nSPS) is 17.8. The van der Waals surface area contributed by atoms with E-state index in [9.17, 15) is 0 Å². The Labute approximate surface area is 124 Å². The average Bonchev–Trinajstić information content (AvgIpc) is 2.72. The Balaban J connectivity index is 2.22. The molecule has 0 bridgehead atoms. The number of anilines is 1. The number of aromatic nitrogens is 1. The maximum atomic E-state index is 9.05. The molecule has 7 nitrogen and oxygen atoms in total. The Kier molecular flexibility index (Phi) is 5.35. The molecule has 116 valence electrons. The minimum Gasteiger partial charge on any atom is -0.409 e. The van der Waals surface area contributed by atoms with Gasteiger partial charge in [0.25, 0.3) is 0 Å². The van der Waals surface area contributed by atoms with Crippen molar-refractivity contribution >= 4 is 11.7 Å². The first kappa shape index (κ1) is 15.5. The number of β-amino-alcohol motifs (C(OH)–C–C–N with tert-alkyl or cyclic N) is 1. The summed E-state index contributed by atoms with van der Waals surface area (Å²) in [7, 11) is 0. The summed E-state index contributed by atoms with van der Waals surface area (Å²) < 4.78 is 0. The number of aliphatic hydroxyl groups excluding tert-OH is 1. The number of aliphatic hydroxyl groups is 1. The van der Waals surface area contributed by atoms with Crippen LogP contribution in [0.5, 0.6) is 0 Å². The second-order valence-corrected chi connectivity index (χ2v) is 5.21. The van der Waals surface area contributed by atoms with Crippen molar-refractivity contribution in [1.29, 1.82) is 0 Å². The van der Waals surface area contributed by atoms with Crippen LogP contribution in [0.3, 0.4) is 0 Å². The molecule has 1 saturated heterocycles. The molecule has 2 heterocycles. The van der Waals surface area contributed by atoms with Gasteiger partial charge in [-0.1, -0.05) is 5.16 Å². The zero-order valence-corrected chi connectivity index (χ0v) is 12.4. The maximum absolute atomic E-state index is 9.05. The van der Waals surface area contributed by atoms with Crippen molar-refractivity contribution in [3.05, 3.63) is 23.4 Å². The lowest BCUT2D eigenvalue weighted by Gasteiger charge is -2.24. The van der Waals surface area contributed by atoms with Crippen LogP contribution in [0.15, 0.2) is 17.3 Å². The standard InChI is InChI=1S/C14H23N5O2/c1-11-3-4-12(13(15)17-21)14(16-11)19-6-2-5-18(7-8-19)9-10-20/h3-4,20-21H,2,5-10H2,1H3,(H2,15,17). The van der Waals surface area contributed by atoms with Gasteiger partial charge >= 0.3 is 0 Å². The minimum atomic E-state index is 0.0777. The highest BCUT2D eigenvalue weighted by Crippen LogP contribution is 2.20. The van der Waals surface area contributed by atoms with E-state index in [0.29, 0.717) is 12.1 Å². The minimum absolute atomic E-state index is 0.0777. The lowest BCUT2D eigenvalue weighted by atomic mass is 10.2. The molecular weight excluding hydrogens is 270 g/mol. The molecule has 7 heteroatoms. The molecule has 0 atom stereocenters. The van der Waals surface area contributed by atoms with Crippen molar-refractivity contribution < 1.29 is 10.3 Å². The first-order valence-corrected chi connectivity index (χ1v) is 7.19. The van der Waals surface area contributed by atoms with E-state index >= 15 is 0 Å². The summed E-state index contributed by atoms with van der Waals surface area (Å²) in [6, 6.07) is 3.69. The Morgan fingerprint density at radius 3 is 2.86 bits per heavy atom. The van der Waals surface area contributed by atoms with Crippen LogP contribution in [0, 0.1) is 6.92 Å². The maximum Gasteiger partial charge on any atom is 0.173 e. The molecule has 1 aliphatic heterocycles. The zero-order valence-electron chi connectivity index (χ0n) is 12.4. The van der Waals surface area contributed by atoms with Crippen LogP contribution in [0.1, 0.15) is 17.7 Å². The molecule has 0 unspecified atom stereocenters. The number of amidine groups is 1. The van der Waals surface area contributed by atoms with E-state index in [2.05, 4.69) is 19.9 Å². The zero-order chi connectivity index (χ0) is 15.2. The molecule has 4 N–H and O–H groups in total. The number of oxime groups is 1. The fourth-order valence-electron chi connectivity index (χ4n) is 2.59. The molecule has 1 aromatic heterocycles. The second-order valence-electron chi connectivity index (χ2n) is 5.21. The second kappa shape index (κ2) is 7.24. The van der Waals surface area contributed by atoms with Gasteiger partial charge in [-0.05, 0) is 32.0 Å². The van der Waals surface area contributed by atoms with Crippen molar-refractivity contribution in [1.82, 2.24) is 9.88 Å². The third kappa shape index (κ3) is 3.83. The summed E-state index contributed by atoms with van der Waals surface area (Å²) in [4.78, 5) is 8.96. The number of aryl methyl sites for hydroxylation is 1. The fraction of sp³-hybridized carbons (Fsp3) is 0.571. The monoisotopic (exact) mass is 293 g/mol. The molecule has 0 amide bonds. The largest absolute Gasteiger partial charge is 0.409 e. The van der Waals surface area contributed by atoms with Gasteiger partial charge in [0, 0.05) is 31.9 Å². The molecule has 0 spiro atoms. The molecule has 0 radical (unpaired) electrons. The third-order valence-corrected chi connectivity index (χ3v) is 3.70. The van der Waals surface area contributed by atoms with E-state index in [1.165, 1.54) is 0 Å². The lowest BCUT2D eigenvalue weighted by Crippen LogP contribution is -2.34. The summed E-state index contributed by atoms with van der Waals surface area (Å²) in [6.45, 7) is 6.30. The molecule has 1 fully saturated rings. The van der Waals surface area contributed by atoms with Gasteiger partial charge in [0.15, 0.2) is 5.84 Å². The summed E-state index contributed by atoms with van der Waals surface area (Å²) in [5, 5.41) is 21.1. The van der Waals surface area contributed by atoms with Gasteiger partial charge in [-0.3, -0.25) is 4.90 Å². The van der Waals surface area contributed by atoms with Crippen LogP contribution in [0.25, 0.3) is 0 Å². The molecule has 0 saturated carbocycles. The van der Waals surface area contributed by atoms with Crippen molar-refractivity contribution in [2.45, 2.75) is 13.3 Å². The van der Waals surface area contributed by atoms with Gasteiger partial charge in [0.1, 0.15) is 5.82 Å². The number of rotatable bonds is 4. The molecule has 1 aromatic rings. The van der Waals surface area contributed by atoms with Crippen LogP contribution in [-0.2, 0) is 0 Å². The fourth-order valence-corrected chi connectivity index (χ4v) is 2.59.